The normalized spacial score (nSPS) is 16.0. The molecule has 0 spiro atoms. The summed E-state index contributed by atoms with van der Waals surface area (Å²) in [6.07, 6.45) is 0.916. The number of nitrogens with zero attached hydrogens (tertiary/aromatic N) is 2. The van der Waals surface area contributed by atoms with E-state index in [0.717, 1.165) is 39.1 Å². The zero-order valence-corrected chi connectivity index (χ0v) is 15.8. The fraction of sp³-hybridized carbons (Fsp3) is 0.667. The Bertz CT molecular complexity index is 604. The van der Waals surface area contributed by atoms with Gasteiger partial charge in [0.15, 0.2) is 0 Å². The van der Waals surface area contributed by atoms with Crippen LogP contribution in [0.25, 0.3) is 0 Å². The molecule has 140 valence electrons. The number of nitrogens with one attached hydrogen (secondary N) is 2. The molecule has 0 radical (unpaired) electrons. The first-order valence-electron chi connectivity index (χ1n) is 8.99. The van der Waals surface area contributed by atoms with Gasteiger partial charge in [0.25, 0.3) is 5.91 Å². The maximum atomic E-state index is 12.4. The van der Waals surface area contributed by atoms with E-state index in [1.807, 2.05) is 0 Å². The second kappa shape index (κ2) is 9.01. The number of H-pyrrole nitrogens is 1. The second-order valence-electron chi connectivity index (χ2n) is 6.60. The van der Waals surface area contributed by atoms with Crippen LogP contribution in [-0.4, -0.2) is 79.6 Å². The standard InChI is InChI=1S/C18H30N4O3/c1-5-25-18(24)15-13(2)16(20-14(15)3)17(23)19-7-6-8-22-11-9-21(4)10-12-22/h20H,5-12H2,1-4H3,(H,19,23). The van der Waals surface area contributed by atoms with Crippen LogP contribution >= 0.6 is 0 Å². The van der Waals surface area contributed by atoms with E-state index in [0.29, 0.717) is 35.7 Å². The fourth-order valence-corrected chi connectivity index (χ4v) is 3.15. The number of aromatic amines is 1. The molecule has 0 aliphatic carbocycles. The van der Waals surface area contributed by atoms with E-state index in [1.54, 1.807) is 20.8 Å². The average Bonchev–Trinajstić information content (AvgIpc) is 2.88. The summed E-state index contributed by atoms with van der Waals surface area (Å²) in [4.78, 5) is 32.2. The van der Waals surface area contributed by atoms with E-state index in [2.05, 4.69) is 27.1 Å². The highest BCUT2D eigenvalue weighted by molar-refractivity contribution is 6.00. The van der Waals surface area contributed by atoms with Gasteiger partial charge in [-0.25, -0.2) is 4.79 Å². The highest BCUT2D eigenvalue weighted by atomic mass is 16.5. The molecule has 2 N–H and O–H groups in total. The molecule has 2 rings (SSSR count). The molecule has 0 aromatic carbocycles. The van der Waals surface area contributed by atoms with E-state index < -0.39 is 0 Å². The number of ether oxygens (including phenoxy) is 1. The number of aromatic nitrogens is 1. The molecule has 2 heterocycles. The van der Waals surface area contributed by atoms with Crippen LogP contribution in [0.5, 0.6) is 0 Å². The number of carbonyl (C=O) groups is 2. The third-order valence-corrected chi connectivity index (χ3v) is 4.68. The average molecular weight is 350 g/mol. The molecule has 7 nitrogen and oxygen atoms in total. The lowest BCUT2D eigenvalue weighted by atomic mass is 10.1. The summed E-state index contributed by atoms with van der Waals surface area (Å²) in [5.41, 5.74) is 2.22. The van der Waals surface area contributed by atoms with Crippen molar-refractivity contribution in [2.24, 2.45) is 0 Å². The van der Waals surface area contributed by atoms with Crippen molar-refractivity contribution in [2.45, 2.75) is 27.2 Å². The summed E-state index contributed by atoms with van der Waals surface area (Å²) in [6, 6.07) is 0. The quantitative estimate of drug-likeness (QED) is 0.570. The van der Waals surface area contributed by atoms with Crippen LogP contribution in [0.15, 0.2) is 0 Å². The van der Waals surface area contributed by atoms with Crippen molar-refractivity contribution in [3.8, 4) is 0 Å². The molecule has 1 aromatic rings. The first-order valence-corrected chi connectivity index (χ1v) is 8.99. The molecule has 1 amide bonds. The van der Waals surface area contributed by atoms with Crippen molar-refractivity contribution in [1.82, 2.24) is 20.1 Å². The monoisotopic (exact) mass is 350 g/mol. The van der Waals surface area contributed by atoms with E-state index in [9.17, 15) is 9.59 Å². The number of aryl methyl sites for hydroxylation is 1. The Morgan fingerprint density at radius 3 is 2.52 bits per heavy atom. The number of esters is 1. The second-order valence-corrected chi connectivity index (χ2v) is 6.60. The summed E-state index contributed by atoms with van der Waals surface area (Å²) in [6.45, 7) is 11.6. The Labute approximate surface area is 149 Å². The highest BCUT2D eigenvalue weighted by Crippen LogP contribution is 2.19. The van der Waals surface area contributed by atoms with Gasteiger partial charge in [-0.3, -0.25) is 4.79 Å². The molecule has 1 aromatic heterocycles. The third kappa shape index (κ3) is 5.06. The minimum absolute atomic E-state index is 0.172. The minimum Gasteiger partial charge on any atom is -0.462 e. The van der Waals surface area contributed by atoms with Gasteiger partial charge in [0.05, 0.1) is 12.2 Å². The zero-order valence-electron chi connectivity index (χ0n) is 15.8. The predicted molar refractivity (Wildman–Crippen MR) is 97.1 cm³/mol. The molecule has 0 atom stereocenters. The van der Waals surface area contributed by atoms with Gasteiger partial charge in [0.2, 0.25) is 0 Å². The van der Waals surface area contributed by atoms with Crippen molar-refractivity contribution in [2.75, 3.05) is 52.9 Å². The molecule has 25 heavy (non-hydrogen) atoms. The van der Waals surface area contributed by atoms with Crippen molar-refractivity contribution >= 4 is 11.9 Å². The van der Waals surface area contributed by atoms with Gasteiger partial charge in [-0.1, -0.05) is 0 Å². The summed E-state index contributed by atoms with van der Waals surface area (Å²) in [5, 5.41) is 2.94. The van der Waals surface area contributed by atoms with Crippen molar-refractivity contribution in [1.29, 1.82) is 0 Å². The molecule has 1 fully saturated rings. The van der Waals surface area contributed by atoms with Crippen LogP contribution in [-0.2, 0) is 4.74 Å². The molecule has 1 aliphatic heterocycles. The molecular formula is C18H30N4O3. The van der Waals surface area contributed by atoms with E-state index in [1.165, 1.54) is 0 Å². The Hall–Kier alpha value is -1.86. The van der Waals surface area contributed by atoms with Gasteiger partial charge in [0, 0.05) is 38.4 Å². The van der Waals surface area contributed by atoms with E-state index >= 15 is 0 Å². The van der Waals surface area contributed by atoms with Crippen LogP contribution in [0.1, 0.15) is 45.4 Å². The van der Waals surface area contributed by atoms with Crippen LogP contribution in [0.3, 0.4) is 0 Å². The number of likely N-dealkylation sites (N-methyl/N-ethyl adjacent to an activating group) is 1. The Balaban J connectivity index is 1.83. The van der Waals surface area contributed by atoms with Gasteiger partial charge in [0.1, 0.15) is 5.69 Å². The fourth-order valence-electron chi connectivity index (χ4n) is 3.15. The Kier molecular flexibility index (Phi) is 7.01. The lowest BCUT2D eigenvalue weighted by Crippen LogP contribution is -2.45. The van der Waals surface area contributed by atoms with Crippen LogP contribution < -0.4 is 5.32 Å². The van der Waals surface area contributed by atoms with E-state index in [4.69, 9.17) is 4.74 Å². The molecule has 0 unspecified atom stereocenters. The lowest BCUT2D eigenvalue weighted by molar-refractivity contribution is 0.0525. The zero-order chi connectivity index (χ0) is 18.4. The number of piperazine rings is 1. The lowest BCUT2D eigenvalue weighted by Gasteiger charge is -2.32. The number of carbonyl (C=O) groups excluding carboxylic acids is 2. The summed E-state index contributed by atoms with van der Waals surface area (Å²) in [7, 11) is 2.14. The third-order valence-electron chi connectivity index (χ3n) is 4.68. The maximum Gasteiger partial charge on any atom is 0.340 e. The Morgan fingerprint density at radius 2 is 1.88 bits per heavy atom. The predicted octanol–water partition coefficient (Wildman–Crippen LogP) is 1.18. The maximum absolute atomic E-state index is 12.4. The van der Waals surface area contributed by atoms with Crippen molar-refractivity contribution in [3.05, 3.63) is 22.5 Å². The van der Waals surface area contributed by atoms with Crippen molar-refractivity contribution in [3.63, 3.8) is 0 Å². The number of hydrogen-bond acceptors (Lipinski definition) is 5. The Morgan fingerprint density at radius 1 is 1.20 bits per heavy atom. The molecule has 1 aliphatic rings. The molecule has 0 bridgehead atoms. The van der Waals surface area contributed by atoms with Crippen LogP contribution in [0.4, 0.5) is 0 Å². The van der Waals surface area contributed by atoms with Gasteiger partial charge in [-0.05, 0) is 46.3 Å². The summed E-state index contributed by atoms with van der Waals surface area (Å²) >= 11 is 0. The number of rotatable bonds is 7. The first-order chi connectivity index (χ1) is 11.9. The molecule has 1 saturated heterocycles. The summed E-state index contributed by atoms with van der Waals surface area (Å²) < 4.78 is 5.06. The molecular weight excluding hydrogens is 320 g/mol. The summed E-state index contributed by atoms with van der Waals surface area (Å²) in [5.74, 6) is -0.558. The van der Waals surface area contributed by atoms with Crippen molar-refractivity contribution < 1.29 is 14.3 Å². The van der Waals surface area contributed by atoms with Gasteiger partial charge >= 0.3 is 5.97 Å². The largest absolute Gasteiger partial charge is 0.462 e. The SMILES string of the molecule is CCOC(=O)c1c(C)[nH]c(C(=O)NCCCN2CCN(C)CC2)c1C. The number of hydrogen-bond donors (Lipinski definition) is 2. The number of amides is 1. The first kappa shape index (κ1) is 19.5. The minimum atomic E-state index is -0.386. The topological polar surface area (TPSA) is 77.7 Å². The van der Waals surface area contributed by atoms with Gasteiger partial charge < -0.3 is 24.8 Å². The van der Waals surface area contributed by atoms with E-state index in [-0.39, 0.29) is 11.9 Å². The molecule has 0 saturated carbocycles. The highest BCUT2D eigenvalue weighted by Gasteiger charge is 2.22. The van der Waals surface area contributed by atoms with Crippen LogP contribution in [0, 0.1) is 13.8 Å². The van der Waals surface area contributed by atoms with Gasteiger partial charge in [-0.15, -0.1) is 0 Å². The van der Waals surface area contributed by atoms with Gasteiger partial charge in [-0.2, -0.15) is 0 Å². The molecule has 7 heteroatoms. The smallest absolute Gasteiger partial charge is 0.340 e. The van der Waals surface area contributed by atoms with Crippen LogP contribution in [0.2, 0.25) is 0 Å².